The zero-order chi connectivity index (χ0) is 36.5. The topological polar surface area (TPSA) is 128 Å². The summed E-state index contributed by atoms with van der Waals surface area (Å²) in [4.78, 5) is 45.9. The molecule has 0 radical (unpaired) electrons. The number of hydrogen-bond acceptors (Lipinski definition) is 9. The number of methoxy groups -OCH3 is 3. The Bertz CT molecular complexity index is 2220. The Kier molecular flexibility index (Phi) is 11.5. The smallest absolute Gasteiger partial charge is 0.272 e. The Hall–Kier alpha value is -6.11. The number of amides is 3. The molecule has 0 aliphatic carbocycles. The second kappa shape index (κ2) is 16.7. The van der Waals surface area contributed by atoms with Crippen molar-refractivity contribution in [2.75, 3.05) is 32.0 Å². The molecule has 0 fully saturated rings. The SMILES string of the molecule is COc1ccc(/C=C(\NC(=O)c2ccccc2)C(=O)Nc2ccc(SC(C(=O)Nc3nc4ccc(OC)cc4s3)c3ccccc3)cc2)c(OC)c1. The van der Waals surface area contributed by atoms with Crippen LogP contribution in [0.3, 0.4) is 0 Å². The monoisotopic (exact) mass is 730 g/mol. The summed E-state index contributed by atoms with van der Waals surface area (Å²) in [7, 11) is 4.67. The maximum atomic E-state index is 13.7. The van der Waals surface area contributed by atoms with Crippen LogP contribution in [0.2, 0.25) is 0 Å². The number of thiazole rings is 1. The van der Waals surface area contributed by atoms with E-state index >= 15 is 0 Å². The van der Waals surface area contributed by atoms with Crippen molar-refractivity contribution in [1.29, 1.82) is 0 Å². The van der Waals surface area contributed by atoms with E-state index < -0.39 is 17.1 Å². The standard InChI is InChI=1S/C40H34N4O6S2/c1-48-29-17-14-27(34(23-29)50-3)22-33(42-37(45)26-12-8-5-9-13-26)38(46)41-28-15-19-31(20-16-28)51-36(25-10-6-4-7-11-25)39(47)44-40-43-32-21-18-30(49-2)24-35(32)52-40/h4-24,36H,1-3H3,(H,41,46)(H,42,45)(H,43,44,47)/b33-22-. The highest BCUT2D eigenvalue weighted by Gasteiger charge is 2.24. The van der Waals surface area contributed by atoms with Crippen molar-refractivity contribution in [2.45, 2.75) is 10.1 Å². The lowest BCUT2D eigenvalue weighted by molar-refractivity contribution is -0.116. The minimum atomic E-state index is -0.592. The van der Waals surface area contributed by atoms with Crippen LogP contribution in [0, 0.1) is 0 Å². The van der Waals surface area contributed by atoms with Crippen LogP contribution in [0.25, 0.3) is 16.3 Å². The van der Waals surface area contributed by atoms with Gasteiger partial charge < -0.3 is 30.2 Å². The predicted molar refractivity (Wildman–Crippen MR) is 206 cm³/mol. The van der Waals surface area contributed by atoms with Crippen molar-refractivity contribution >= 4 is 67.9 Å². The first kappa shape index (κ1) is 35.7. The minimum Gasteiger partial charge on any atom is -0.497 e. The third kappa shape index (κ3) is 8.78. The number of ether oxygens (including phenoxy) is 3. The van der Waals surface area contributed by atoms with Crippen LogP contribution < -0.4 is 30.2 Å². The highest BCUT2D eigenvalue weighted by atomic mass is 32.2. The Labute approximate surface area is 308 Å². The number of carbonyl (C=O) groups is 3. The zero-order valence-electron chi connectivity index (χ0n) is 28.4. The number of aromatic nitrogens is 1. The fourth-order valence-corrected chi connectivity index (χ4v) is 7.07. The Morgan fingerprint density at radius 2 is 1.42 bits per heavy atom. The van der Waals surface area contributed by atoms with Crippen LogP contribution in [0.15, 0.2) is 132 Å². The summed E-state index contributed by atoms with van der Waals surface area (Å²) >= 11 is 2.74. The van der Waals surface area contributed by atoms with Gasteiger partial charge in [0.15, 0.2) is 5.13 Å². The number of anilines is 2. The lowest BCUT2D eigenvalue weighted by Crippen LogP contribution is -2.30. The predicted octanol–water partition coefficient (Wildman–Crippen LogP) is 8.20. The van der Waals surface area contributed by atoms with E-state index in [4.69, 9.17) is 14.2 Å². The van der Waals surface area contributed by atoms with Crippen molar-refractivity contribution in [1.82, 2.24) is 10.3 Å². The molecule has 0 spiro atoms. The average molecular weight is 731 g/mol. The molecule has 0 aliphatic heterocycles. The molecule has 1 atom stereocenters. The van der Waals surface area contributed by atoms with Gasteiger partial charge in [-0.25, -0.2) is 4.98 Å². The Morgan fingerprint density at radius 3 is 2.12 bits per heavy atom. The van der Waals surface area contributed by atoms with Crippen molar-refractivity contribution < 1.29 is 28.6 Å². The van der Waals surface area contributed by atoms with E-state index in [0.717, 1.165) is 20.7 Å². The van der Waals surface area contributed by atoms with E-state index in [0.29, 0.717) is 39.2 Å². The molecule has 10 nitrogen and oxygen atoms in total. The van der Waals surface area contributed by atoms with E-state index in [1.807, 2.05) is 60.7 Å². The van der Waals surface area contributed by atoms with Gasteiger partial charge in [-0.15, -0.1) is 11.8 Å². The number of fused-ring (bicyclic) bond motifs is 1. The van der Waals surface area contributed by atoms with Crippen LogP contribution in [0.4, 0.5) is 10.8 Å². The highest BCUT2D eigenvalue weighted by molar-refractivity contribution is 8.00. The van der Waals surface area contributed by atoms with Crippen molar-refractivity contribution in [3.8, 4) is 17.2 Å². The number of hydrogen-bond donors (Lipinski definition) is 3. The largest absolute Gasteiger partial charge is 0.497 e. The normalized spacial score (nSPS) is 11.7. The summed E-state index contributed by atoms with van der Waals surface area (Å²) < 4.78 is 17.0. The number of nitrogens with zero attached hydrogens (tertiary/aromatic N) is 1. The molecule has 1 unspecified atom stereocenters. The first-order chi connectivity index (χ1) is 25.3. The lowest BCUT2D eigenvalue weighted by atomic mass is 10.1. The summed E-state index contributed by atoms with van der Waals surface area (Å²) in [6.45, 7) is 0. The molecule has 5 aromatic carbocycles. The summed E-state index contributed by atoms with van der Waals surface area (Å²) in [5, 5.41) is 8.51. The summed E-state index contributed by atoms with van der Waals surface area (Å²) in [6, 6.07) is 36.0. The van der Waals surface area contributed by atoms with E-state index in [-0.39, 0.29) is 11.6 Å². The van der Waals surface area contributed by atoms with Crippen LogP contribution >= 0.6 is 23.1 Å². The van der Waals surface area contributed by atoms with Gasteiger partial charge in [0.2, 0.25) is 5.91 Å². The number of nitrogens with one attached hydrogen (secondary N) is 3. The molecule has 1 aromatic heterocycles. The third-order valence-electron chi connectivity index (χ3n) is 7.80. The van der Waals surface area contributed by atoms with E-state index in [9.17, 15) is 14.4 Å². The highest BCUT2D eigenvalue weighted by Crippen LogP contribution is 2.38. The van der Waals surface area contributed by atoms with Gasteiger partial charge in [-0.2, -0.15) is 0 Å². The number of carbonyl (C=O) groups excluding carboxylic acids is 3. The molecule has 6 aromatic rings. The van der Waals surface area contributed by atoms with Crippen molar-refractivity contribution in [3.63, 3.8) is 0 Å². The fraction of sp³-hybridized carbons (Fsp3) is 0.100. The van der Waals surface area contributed by atoms with Crippen molar-refractivity contribution in [2.24, 2.45) is 0 Å². The molecule has 1 heterocycles. The molecule has 3 N–H and O–H groups in total. The molecule has 0 bridgehead atoms. The summed E-state index contributed by atoms with van der Waals surface area (Å²) in [5.74, 6) is 0.538. The van der Waals surface area contributed by atoms with Crippen LogP contribution in [-0.2, 0) is 9.59 Å². The maximum Gasteiger partial charge on any atom is 0.272 e. The minimum absolute atomic E-state index is 0.00451. The summed E-state index contributed by atoms with van der Waals surface area (Å²) in [6.07, 6.45) is 1.55. The molecule has 0 aliphatic rings. The van der Waals surface area contributed by atoms with E-state index in [1.54, 1.807) is 81.0 Å². The molecule has 6 rings (SSSR count). The quantitative estimate of drug-likeness (QED) is 0.0802. The fourth-order valence-electron chi connectivity index (χ4n) is 5.14. The van der Waals surface area contributed by atoms with Crippen LogP contribution in [0.5, 0.6) is 17.2 Å². The van der Waals surface area contributed by atoms with Crippen molar-refractivity contribution in [3.05, 3.63) is 144 Å². The second-order valence-corrected chi connectivity index (χ2v) is 13.4. The molecule has 262 valence electrons. The zero-order valence-corrected chi connectivity index (χ0v) is 30.0. The molecule has 52 heavy (non-hydrogen) atoms. The third-order valence-corrected chi connectivity index (χ3v) is 10.0. The number of rotatable bonds is 13. The van der Waals surface area contributed by atoms with Gasteiger partial charge in [0, 0.05) is 27.8 Å². The Balaban J connectivity index is 1.20. The van der Waals surface area contributed by atoms with Gasteiger partial charge in [0.1, 0.15) is 28.2 Å². The Morgan fingerprint density at radius 1 is 0.750 bits per heavy atom. The van der Waals surface area contributed by atoms with Gasteiger partial charge in [0.05, 0.1) is 31.5 Å². The van der Waals surface area contributed by atoms with E-state index in [1.165, 1.54) is 30.2 Å². The van der Waals surface area contributed by atoms with E-state index in [2.05, 4.69) is 20.9 Å². The molecule has 0 saturated carbocycles. The van der Waals surface area contributed by atoms with Gasteiger partial charge in [0.25, 0.3) is 11.8 Å². The van der Waals surface area contributed by atoms with Gasteiger partial charge >= 0.3 is 0 Å². The molecule has 3 amide bonds. The number of thioether (sulfide) groups is 1. The number of benzene rings is 5. The average Bonchev–Trinajstić information content (AvgIpc) is 3.59. The van der Waals surface area contributed by atoms with Gasteiger partial charge in [-0.3, -0.25) is 14.4 Å². The lowest BCUT2D eigenvalue weighted by Gasteiger charge is -2.17. The molecule has 0 saturated heterocycles. The molecule has 12 heteroatoms. The van der Waals surface area contributed by atoms with Gasteiger partial charge in [-0.05, 0) is 78.4 Å². The maximum absolute atomic E-state index is 13.7. The second-order valence-electron chi connectivity index (χ2n) is 11.2. The first-order valence-electron chi connectivity index (χ1n) is 16.0. The molecular weight excluding hydrogens is 697 g/mol. The first-order valence-corrected chi connectivity index (χ1v) is 17.7. The summed E-state index contributed by atoms with van der Waals surface area (Å²) in [5.41, 5.74) is 3.03. The van der Waals surface area contributed by atoms with Gasteiger partial charge in [-0.1, -0.05) is 59.9 Å². The molecular formula is C40H34N4O6S2. The van der Waals surface area contributed by atoms with Crippen LogP contribution in [-0.4, -0.2) is 44.0 Å². The van der Waals surface area contributed by atoms with Crippen LogP contribution in [0.1, 0.15) is 26.7 Å².